The maximum Gasteiger partial charge on any atom is 0.276 e. The fourth-order valence-electron chi connectivity index (χ4n) is 2.48. The second-order valence-corrected chi connectivity index (χ2v) is 5.86. The molecule has 29 heavy (non-hydrogen) atoms. The van der Waals surface area contributed by atoms with E-state index in [9.17, 15) is 9.59 Å². The molecule has 0 saturated heterocycles. The molecule has 9 nitrogen and oxygen atoms in total. The van der Waals surface area contributed by atoms with Crippen LogP contribution in [0.2, 0.25) is 0 Å². The molecule has 2 rings (SSSR count). The average molecular weight is 404 g/mol. The molecule has 0 aromatic heterocycles. The molecule has 0 unspecified atom stereocenters. The number of carbonyl (C=O) groups excluding carboxylic acids is 2. The number of benzene rings is 2. The number of carbonyl (C=O) groups is 2. The van der Waals surface area contributed by atoms with E-state index in [2.05, 4.69) is 10.9 Å². The van der Waals surface area contributed by atoms with Gasteiger partial charge in [0.15, 0.2) is 29.6 Å². The van der Waals surface area contributed by atoms with E-state index >= 15 is 0 Å². The number of methoxy groups -OCH3 is 4. The van der Waals surface area contributed by atoms with E-state index < -0.39 is 11.8 Å². The maximum absolute atomic E-state index is 12.4. The van der Waals surface area contributed by atoms with Gasteiger partial charge in [0, 0.05) is 5.56 Å². The lowest BCUT2D eigenvalue weighted by molar-refractivity contribution is -0.123. The lowest BCUT2D eigenvalue weighted by Crippen LogP contribution is -2.43. The zero-order valence-corrected chi connectivity index (χ0v) is 17.0. The molecule has 9 heteroatoms. The summed E-state index contributed by atoms with van der Waals surface area (Å²) in [4.78, 5) is 24.4. The van der Waals surface area contributed by atoms with Gasteiger partial charge in [-0.25, -0.2) is 0 Å². The van der Waals surface area contributed by atoms with Gasteiger partial charge in [0.1, 0.15) is 0 Å². The third-order valence-electron chi connectivity index (χ3n) is 3.92. The molecular weight excluding hydrogens is 380 g/mol. The Bertz CT molecular complexity index is 858. The summed E-state index contributed by atoms with van der Waals surface area (Å²) in [5, 5.41) is 0. The van der Waals surface area contributed by atoms with Crippen LogP contribution in [0.3, 0.4) is 0 Å². The Kier molecular flexibility index (Phi) is 7.53. The molecule has 0 atom stereocenters. The van der Waals surface area contributed by atoms with Crippen molar-refractivity contribution < 1.29 is 33.3 Å². The fourth-order valence-corrected chi connectivity index (χ4v) is 2.48. The normalized spacial score (nSPS) is 9.97. The number of aryl methyl sites for hydroxylation is 1. The number of ether oxygens (including phenoxy) is 5. The van der Waals surface area contributed by atoms with Crippen molar-refractivity contribution in [3.8, 4) is 28.7 Å². The van der Waals surface area contributed by atoms with Gasteiger partial charge in [0.2, 0.25) is 5.75 Å². The summed E-state index contributed by atoms with van der Waals surface area (Å²) < 4.78 is 26.3. The first kappa shape index (κ1) is 21.7. The van der Waals surface area contributed by atoms with Gasteiger partial charge in [-0.1, -0.05) is 6.07 Å². The minimum Gasteiger partial charge on any atom is -0.493 e. The number of rotatable bonds is 8. The van der Waals surface area contributed by atoms with Crippen molar-refractivity contribution >= 4 is 11.8 Å². The molecule has 2 amide bonds. The third-order valence-corrected chi connectivity index (χ3v) is 3.92. The lowest BCUT2D eigenvalue weighted by atomic mass is 10.1. The monoisotopic (exact) mass is 404 g/mol. The summed E-state index contributed by atoms with van der Waals surface area (Å²) in [5.74, 6) is 0.815. The largest absolute Gasteiger partial charge is 0.493 e. The molecule has 0 aliphatic heterocycles. The molecule has 0 radical (unpaired) electrons. The molecule has 2 N–H and O–H groups in total. The first-order chi connectivity index (χ1) is 13.9. The lowest BCUT2D eigenvalue weighted by Gasteiger charge is -2.14. The van der Waals surface area contributed by atoms with E-state index in [-0.39, 0.29) is 12.2 Å². The minimum absolute atomic E-state index is 0.209. The van der Waals surface area contributed by atoms with Crippen molar-refractivity contribution in [2.24, 2.45) is 0 Å². The Morgan fingerprint density at radius 1 is 0.793 bits per heavy atom. The topological polar surface area (TPSA) is 104 Å². The SMILES string of the molecule is COc1cc(C)ccc1OCC(=O)NNC(=O)c1cc(OC)c(OC)c(OC)c1. The van der Waals surface area contributed by atoms with E-state index in [4.69, 9.17) is 23.7 Å². The molecule has 0 spiro atoms. The molecule has 2 aromatic rings. The Balaban J connectivity index is 1.97. The van der Waals surface area contributed by atoms with Gasteiger partial charge in [-0.3, -0.25) is 20.4 Å². The highest BCUT2D eigenvalue weighted by atomic mass is 16.5. The zero-order valence-electron chi connectivity index (χ0n) is 17.0. The Hall–Kier alpha value is -3.62. The van der Waals surface area contributed by atoms with Crippen molar-refractivity contribution in [3.05, 3.63) is 41.5 Å². The van der Waals surface area contributed by atoms with Gasteiger partial charge >= 0.3 is 0 Å². The molecule has 156 valence electrons. The predicted octanol–water partition coefficient (Wildman–Crippen LogP) is 1.87. The van der Waals surface area contributed by atoms with E-state index in [0.717, 1.165) is 5.56 Å². The summed E-state index contributed by atoms with van der Waals surface area (Å²) in [6.45, 7) is 1.60. The van der Waals surface area contributed by atoms with Gasteiger partial charge in [-0.15, -0.1) is 0 Å². The van der Waals surface area contributed by atoms with Crippen LogP contribution in [0.5, 0.6) is 28.7 Å². The standard InChI is InChI=1S/C20H24N2O7/c1-12-6-7-14(15(8-12)25-2)29-11-18(23)21-22-20(24)13-9-16(26-3)19(28-5)17(10-13)27-4/h6-10H,11H2,1-5H3,(H,21,23)(H,22,24). The van der Waals surface area contributed by atoms with Crippen molar-refractivity contribution in [1.29, 1.82) is 0 Å². The van der Waals surface area contributed by atoms with Crippen LogP contribution in [0.1, 0.15) is 15.9 Å². The Morgan fingerprint density at radius 3 is 1.97 bits per heavy atom. The quantitative estimate of drug-likeness (QED) is 0.647. The predicted molar refractivity (Wildman–Crippen MR) is 105 cm³/mol. The van der Waals surface area contributed by atoms with Crippen molar-refractivity contribution in [2.75, 3.05) is 35.0 Å². The summed E-state index contributed by atoms with van der Waals surface area (Å²) >= 11 is 0. The maximum atomic E-state index is 12.4. The van der Waals surface area contributed by atoms with E-state index in [1.807, 2.05) is 13.0 Å². The first-order valence-corrected chi connectivity index (χ1v) is 8.60. The van der Waals surface area contributed by atoms with E-state index in [0.29, 0.717) is 28.7 Å². The summed E-state index contributed by atoms with van der Waals surface area (Å²) in [6.07, 6.45) is 0. The first-order valence-electron chi connectivity index (χ1n) is 8.60. The minimum atomic E-state index is -0.564. The van der Waals surface area contributed by atoms with Crippen LogP contribution in [-0.4, -0.2) is 46.9 Å². The number of nitrogens with one attached hydrogen (secondary N) is 2. The number of hydrogen-bond donors (Lipinski definition) is 2. The van der Waals surface area contributed by atoms with Crippen LogP contribution in [0.25, 0.3) is 0 Å². The third kappa shape index (κ3) is 5.44. The number of hydrazine groups is 1. The van der Waals surface area contributed by atoms with E-state index in [1.54, 1.807) is 12.1 Å². The van der Waals surface area contributed by atoms with Crippen LogP contribution in [-0.2, 0) is 4.79 Å². The van der Waals surface area contributed by atoms with Crippen LogP contribution in [0, 0.1) is 6.92 Å². The Morgan fingerprint density at radius 2 is 1.41 bits per heavy atom. The second-order valence-electron chi connectivity index (χ2n) is 5.86. The highest BCUT2D eigenvalue weighted by Gasteiger charge is 2.17. The molecular formula is C20H24N2O7. The molecule has 0 fully saturated rings. The molecule has 0 heterocycles. The van der Waals surface area contributed by atoms with Crippen LogP contribution in [0.4, 0.5) is 0 Å². The van der Waals surface area contributed by atoms with Gasteiger partial charge in [0.25, 0.3) is 11.8 Å². The highest BCUT2D eigenvalue weighted by Crippen LogP contribution is 2.38. The summed E-state index contributed by atoms with van der Waals surface area (Å²) in [5.41, 5.74) is 5.80. The van der Waals surface area contributed by atoms with Crippen LogP contribution >= 0.6 is 0 Å². The second kappa shape index (κ2) is 10.1. The van der Waals surface area contributed by atoms with Gasteiger partial charge in [-0.2, -0.15) is 0 Å². The zero-order chi connectivity index (χ0) is 21.4. The van der Waals surface area contributed by atoms with Gasteiger partial charge in [-0.05, 0) is 36.8 Å². The summed E-state index contributed by atoms with van der Waals surface area (Å²) in [7, 11) is 5.86. The molecule has 0 aliphatic rings. The molecule has 0 aliphatic carbocycles. The fraction of sp³-hybridized carbons (Fsp3) is 0.300. The van der Waals surface area contributed by atoms with Gasteiger partial charge in [0.05, 0.1) is 28.4 Å². The van der Waals surface area contributed by atoms with Crippen molar-refractivity contribution in [3.63, 3.8) is 0 Å². The number of amides is 2. The Labute approximate surface area is 168 Å². The van der Waals surface area contributed by atoms with Crippen molar-refractivity contribution in [1.82, 2.24) is 10.9 Å². The van der Waals surface area contributed by atoms with Crippen LogP contribution < -0.4 is 34.5 Å². The smallest absolute Gasteiger partial charge is 0.276 e. The van der Waals surface area contributed by atoms with Crippen LogP contribution in [0.15, 0.2) is 30.3 Å². The van der Waals surface area contributed by atoms with Gasteiger partial charge < -0.3 is 23.7 Å². The summed E-state index contributed by atoms with van der Waals surface area (Å²) in [6, 6.07) is 8.27. The molecule has 2 aromatic carbocycles. The van der Waals surface area contributed by atoms with E-state index in [1.165, 1.54) is 40.6 Å². The average Bonchev–Trinajstić information content (AvgIpc) is 2.75. The highest BCUT2D eigenvalue weighted by molar-refractivity contribution is 5.96. The number of hydrogen-bond acceptors (Lipinski definition) is 7. The van der Waals surface area contributed by atoms with Crippen molar-refractivity contribution in [2.45, 2.75) is 6.92 Å². The molecule has 0 bridgehead atoms. The molecule has 0 saturated carbocycles.